The molecule has 2 saturated carbocycles. The van der Waals surface area contributed by atoms with Crippen molar-refractivity contribution in [2.24, 2.45) is 23.7 Å². The summed E-state index contributed by atoms with van der Waals surface area (Å²) in [5.74, 6) is 1.81. The number of nitrogens with zero attached hydrogens (tertiary/aromatic N) is 4. The summed E-state index contributed by atoms with van der Waals surface area (Å²) in [6.07, 6.45) is 11.0. The molecule has 2 aliphatic carbocycles. The Balaban J connectivity index is 0.870. The van der Waals surface area contributed by atoms with E-state index in [2.05, 4.69) is 69.1 Å². The van der Waals surface area contributed by atoms with Crippen LogP contribution in [0.1, 0.15) is 113 Å². The molecule has 2 aliphatic heterocycles. The predicted molar refractivity (Wildman–Crippen MR) is 264 cm³/mol. The Morgan fingerprint density at radius 3 is 2.28 bits per heavy atom. The van der Waals surface area contributed by atoms with Gasteiger partial charge in [-0.1, -0.05) is 106 Å². The van der Waals surface area contributed by atoms with Gasteiger partial charge in [0.1, 0.15) is 23.7 Å². The molecule has 6 aromatic rings. The SMILES string of the molecule is CC[C@H](C)[C@H](NC(=O)OC)C(=O)N1CCC[C@H]1c1ncc(-c2ccc(-c3ccc4c(ccc5nc([C@@H]6C[C@H](COCC7CCCC7)CN6C(=O)[C@H](NC(=O)C6CC6)c6ccccc6)[nH]c54)c3)cc2)[nH]1. The van der Waals surface area contributed by atoms with Crippen molar-refractivity contribution in [1.29, 1.82) is 0 Å². The standard InChI is InChI=1S/C55H64N8O6/c1-4-33(2)47(61-55(67)68-3)53(65)62-26-10-15-45(62)50-56-29-44(58-50)37-18-16-36(17-19-37)40-22-24-42-41(28-40)23-25-43-49(42)59-51(57-43)46-27-35(32-69-31-34-11-8-9-12-34)30-63(46)54(66)48(38-13-6-5-7-14-38)60-52(64)39-20-21-39/h5-7,13-14,16-19,22-25,28-29,33-35,39,45-48H,4,8-12,15,20-21,26-27,30-32H2,1-3H3,(H,56,58)(H,57,59)(H,60,64)(H,61,67)/t33-,35-,45-,46-,47-,48+/m0/s1. The zero-order valence-electron chi connectivity index (χ0n) is 39.9. The summed E-state index contributed by atoms with van der Waals surface area (Å²) in [7, 11) is 1.31. The second-order valence-electron chi connectivity index (χ2n) is 19.9. The van der Waals surface area contributed by atoms with Crippen molar-refractivity contribution in [2.45, 2.75) is 102 Å². The van der Waals surface area contributed by atoms with Gasteiger partial charge in [-0.3, -0.25) is 14.4 Å². The first-order valence-corrected chi connectivity index (χ1v) is 25.1. The first-order chi connectivity index (χ1) is 33.6. The number of hydrogen-bond acceptors (Lipinski definition) is 8. The topological polar surface area (TPSA) is 175 Å². The van der Waals surface area contributed by atoms with Crippen LogP contribution in [0.25, 0.3) is 44.2 Å². The lowest BCUT2D eigenvalue weighted by Gasteiger charge is -2.30. The number of nitrogens with one attached hydrogen (secondary N) is 4. The Morgan fingerprint density at radius 1 is 0.768 bits per heavy atom. The van der Waals surface area contributed by atoms with Gasteiger partial charge in [-0.05, 0) is 96.6 Å². The molecule has 4 amide bonds. The van der Waals surface area contributed by atoms with Crippen molar-refractivity contribution in [3.63, 3.8) is 0 Å². The fraction of sp³-hybridized carbons (Fsp3) is 0.455. The van der Waals surface area contributed by atoms with E-state index in [4.69, 9.17) is 19.4 Å². The number of fused-ring (bicyclic) bond motifs is 3. The van der Waals surface area contributed by atoms with Crippen LogP contribution >= 0.6 is 0 Å². The number of methoxy groups -OCH3 is 1. The lowest BCUT2D eigenvalue weighted by molar-refractivity contribution is -0.138. The van der Waals surface area contributed by atoms with E-state index in [1.807, 2.05) is 66.2 Å². The Hall–Kier alpha value is -6.54. The maximum absolute atomic E-state index is 14.8. The number of carbonyl (C=O) groups excluding carboxylic acids is 4. The number of H-pyrrole nitrogens is 2. The first kappa shape index (κ1) is 46.2. The molecular weight excluding hydrogens is 869 g/mol. The zero-order valence-corrected chi connectivity index (χ0v) is 39.9. The summed E-state index contributed by atoms with van der Waals surface area (Å²) >= 11 is 0. The molecule has 4 aliphatic rings. The molecule has 0 unspecified atom stereocenters. The van der Waals surface area contributed by atoms with E-state index >= 15 is 0 Å². The van der Waals surface area contributed by atoms with Crippen molar-refractivity contribution < 1.29 is 28.7 Å². The van der Waals surface area contributed by atoms with E-state index in [9.17, 15) is 19.2 Å². The van der Waals surface area contributed by atoms with E-state index in [1.165, 1.54) is 32.8 Å². The minimum atomic E-state index is -0.790. The highest BCUT2D eigenvalue weighted by atomic mass is 16.5. The van der Waals surface area contributed by atoms with Gasteiger partial charge in [-0.25, -0.2) is 14.8 Å². The molecule has 0 radical (unpaired) electrons. The smallest absolute Gasteiger partial charge is 0.407 e. The lowest BCUT2D eigenvalue weighted by Crippen LogP contribution is -2.51. The van der Waals surface area contributed by atoms with Gasteiger partial charge in [-0.15, -0.1) is 0 Å². The fourth-order valence-electron chi connectivity index (χ4n) is 10.9. The van der Waals surface area contributed by atoms with Crippen molar-refractivity contribution in [3.8, 4) is 22.4 Å². The molecule has 0 spiro atoms. The maximum atomic E-state index is 14.8. The summed E-state index contributed by atoms with van der Waals surface area (Å²) in [6, 6.07) is 26.6. The van der Waals surface area contributed by atoms with Gasteiger partial charge in [0.15, 0.2) is 0 Å². The Kier molecular flexibility index (Phi) is 13.5. The van der Waals surface area contributed by atoms with E-state index < -0.39 is 18.2 Å². The quantitative estimate of drug-likeness (QED) is 0.0743. The average molecular weight is 933 g/mol. The van der Waals surface area contributed by atoms with E-state index in [0.29, 0.717) is 32.0 Å². The summed E-state index contributed by atoms with van der Waals surface area (Å²) in [4.78, 5) is 74.9. The Bertz CT molecular complexity index is 2800. The van der Waals surface area contributed by atoms with Crippen LogP contribution in [0.3, 0.4) is 0 Å². The van der Waals surface area contributed by atoms with Gasteiger partial charge in [0.25, 0.3) is 0 Å². The second-order valence-corrected chi connectivity index (χ2v) is 19.9. The normalized spacial score (nSPS) is 20.9. The Labute approximate surface area is 403 Å². The maximum Gasteiger partial charge on any atom is 0.407 e. The number of benzene rings is 4. The fourth-order valence-corrected chi connectivity index (χ4v) is 10.9. The highest BCUT2D eigenvalue weighted by molar-refractivity contribution is 6.05. The monoisotopic (exact) mass is 932 g/mol. The van der Waals surface area contributed by atoms with Crippen molar-refractivity contribution in [1.82, 2.24) is 40.4 Å². The molecule has 360 valence electrons. The minimum Gasteiger partial charge on any atom is -0.453 e. The molecule has 14 heteroatoms. The van der Waals surface area contributed by atoms with Crippen LogP contribution in [0.2, 0.25) is 0 Å². The number of amides is 4. The molecule has 4 aromatic carbocycles. The molecule has 4 N–H and O–H groups in total. The Morgan fingerprint density at radius 2 is 1.52 bits per heavy atom. The summed E-state index contributed by atoms with van der Waals surface area (Å²) in [5, 5.41) is 8.00. The van der Waals surface area contributed by atoms with Gasteiger partial charge in [0, 0.05) is 36.9 Å². The van der Waals surface area contributed by atoms with Crippen LogP contribution < -0.4 is 10.6 Å². The van der Waals surface area contributed by atoms with Crippen molar-refractivity contribution in [2.75, 3.05) is 33.4 Å². The highest BCUT2D eigenvalue weighted by Gasteiger charge is 2.43. The number of aromatic amines is 2. The van der Waals surface area contributed by atoms with Crippen molar-refractivity contribution >= 4 is 45.6 Å². The number of ether oxygens (including phenoxy) is 2. The number of alkyl carbamates (subject to hydrolysis) is 1. The molecule has 2 saturated heterocycles. The first-order valence-electron chi connectivity index (χ1n) is 25.1. The number of hydrogen-bond donors (Lipinski definition) is 4. The third kappa shape index (κ3) is 9.86. The van der Waals surface area contributed by atoms with Crippen LogP contribution in [-0.4, -0.2) is 93.0 Å². The van der Waals surface area contributed by atoms with Gasteiger partial charge in [0.2, 0.25) is 17.7 Å². The largest absolute Gasteiger partial charge is 0.453 e. The summed E-state index contributed by atoms with van der Waals surface area (Å²) in [5.41, 5.74) is 6.51. The zero-order chi connectivity index (χ0) is 47.6. The van der Waals surface area contributed by atoms with Gasteiger partial charge in [0.05, 0.1) is 48.7 Å². The highest BCUT2D eigenvalue weighted by Crippen LogP contribution is 2.40. The van der Waals surface area contributed by atoms with Crippen LogP contribution in [0.4, 0.5) is 4.79 Å². The molecule has 6 atom stereocenters. The summed E-state index contributed by atoms with van der Waals surface area (Å²) in [6.45, 7) is 6.43. The number of rotatable bonds is 16. The van der Waals surface area contributed by atoms with Gasteiger partial charge in [-0.2, -0.15) is 0 Å². The van der Waals surface area contributed by atoms with Crippen LogP contribution in [0.15, 0.2) is 91.1 Å². The lowest BCUT2D eigenvalue weighted by atomic mass is 9.97. The summed E-state index contributed by atoms with van der Waals surface area (Å²) < 4.78 is 11.2. The molecule has 0 bridgehead atoms. The van der Waals surface area contributed by atoms with Crippen molar-refractivity contribution in [3.05, 3.63) is 108 Å². The molecule has 10 rings (SSSR count). The van der Waals surface area contributed by atoms with Gasteiger partial charge < -0.3 is 39.9 Å². The van der Waals surface area contributed by atoms with Crippen LogP contribution in [-0.2, 0) is 23.9 Å². The minimum absolute atomic E-state index is 0.0300. The molecule has 4 heterocycles. The molecule has 2 aromatic heterocycles. The van der Waals surface area contributed by atoms with Crippen LogP contribution in [0.5, 0.6) is 0 Å². The molecule has 69 heavy (non-hydrogen) atoms. The van der Waals surface area contributed by atoms with Crippen LogP contribution in [0, 0.1) is 23.7 Å². The third-order valence-corrected chi connectivity index (χ3v) is 15.2. The van der Waals surface area contributed by atoms with E-state index in [-0.39, 0.29) is 47.6 Å². The number of aromatic nitrogens is 4. The van der Waals surface area contributed by atoms with E-state index in [0.717, 1.165) is 100 Å². The average Bonchev–Trinajstić information content (AvgIpc) is 3.98. The molecule has 14 nitrogen and oxygen atoms in total. The molecular formula is C55H64N8O6. The molecule has 4 fully saturated rings. The number of likely N-dealkylation sites (tertiary alicyclic amines) is 2. The predicted octanol–water partition coefficient (Wildman–Crippen LogP) is 9.57. The number of imidazole rings is 2. The number of carbonyl (C=O) groups is 4. The van der Waals surface area contributed by atoms with E-state index in [1.54, 1.807) is 0 Å². The second kappa shape index (κ2) is 20.2. The van der Waals surface area contributed by atoms with Gasteiger partial charge >= 0.3 is 6.09 Å². The third-order valence-electron chi connectivity index (χ3n) is 15.2.